The van der Waals surface area contributed by atoms with E-state index in [0.717, 1.165) is 18.4 Å². The SMILES string of the molecule is N#CCCCCOc1c(F)cccc1CNC1CC1. The Morgan fingerprint density at radius 1 is 1.37 bits per heavy atom. The van der Waals surface area contributed by atoms with Crippen LogP contribution in [0.2, 0.25) is 0 Å². The summed E-state index contributed by atoms with van der Waals surface area (Å²) in [6, 6.07) is 7.70. The fourth-order valence-electron chi connectivity index (χ4n) is 1.88. The predicted octanol–water partition coefficient (Wildman–Crippen LogP) is 3.15. The number of nitriles is 1. The van der Waals surface area contributed by atoms with Crippen molar-refractivity contribution < 1.29 is 9.13 Å². The van der Waals surface area contributed by atoms with Crippen molar-refractivity contribution in [3.05, 3.63) is 29.6 Å². The second-order valence-corrected chi connectivity index (χ2v) is 4.85. The molecule has 2 rings (SSSR count). The van der Waals surface area contributed by atoms with Crippen molar-refractivity contribution in [1.29, 1.82) is 5.26 Å². The van der Waals surface area contributed by atoms with Crippen LogP contribution in [0, 0.1) is 17.1 Å². The van der Waals surface area contributed by atoms with Crippen LogP contribution in [-0.4, -0.2) is 12.6 Å². The maximum absolute atomic E-state index is 13.8. The Balaban J connectivity index is 1.86. The molecule has 0 heterocycles. The van der Waals surface area contributed by atoms with Crippen molar-refractivity contribution in [2.24, 2.45) is 0 Å². The van der Waals surface area contributed by atoms with Crippen molar-refractivity contribution in [2.45, 2.75) is 44.7 Å². The van der Waals surface area contributed by atoms with E-state index in [4.69, 9.17) is 10.00 Å². The third kappa shape index (κ3) is 4.53. The second kappa shape index (κ2) is 7.10. The minimum atomic E-state index is -0.310. The van der Waals surface area contributed by atoms with Gasteiger partial charge in [-0.15, -0.1) is 0 Å². The second-order valence-electron chi connectivity index (χ2n) is 4.85. The van der Waals surface area contributed by atoms with Crippen LogP contribution in [0.25, 0.3) is 0 Å². The molecule has 0 atom stereocenters. The van der Waals surface area contributed by atoms with E-state index < -0.39 is 0 Å². The number of benzene rings is 1. The Morgan fingerprint density at radius 3 is 2.95 bits per heavy atom. The predicted molar refractivity (Wildman–Crippen MR) is 71.2 cm³/mol. The molecule has 1 aromatic carbocycles. The monoisotopic (exact) mass is 262 g/mol. The van der Waals surface area contributed by atoms with Gasteiger partial charge in [-0.25, -0.2) is 4.39 Å². The minimum absolute atomic E-state index is 0.310. The topological polar surface area (TPSA) is 45.0 Å². The molecule has 0 aromatic heterocycles. The lowest BCUT2D eigenvalue weighted by atomic mass is 10.2. The summed E-state index contributed by atoms with van der Waals surface area (Å²) in [6.07, 6.45) is 4.51. The summed E-state index contributed by atoms with van der Waals surface area (Å²) < 4.78 is 19.3. The largest absolute Gasteiger partial charge is 0.490 e. The first-order valence-corrected chi connectivity index (χ1v) is 6.82. The number of nitrogens with one attached hydrogen (secondary N) is 1. The van der Waals surface area contributed by atoms with Crippen LogP contribution in [0.4, 0.5) is 4.39 Å². The zero-order chi connectivity index (χ0) is 13.5. The molecular formula is C15H19FN2O. The Morgan fingerprint density at radius 2 is 2.21 bits per heavy atom. The first-order chi connectivity index (χ1) is 9.31. The van der Waals surface area contributed by atoms with Gasteiger partial charge in [-0.05, 0) is 31.7 Å². The van der Waals surface area contributed by atoms with Gasteiger partial charge in [0.15, 0.2) is 11.6 Å². The molecule has 0 unspecified atom stereocenters. The highest BCUT2D eigenvalue weighted by molar-refractivity contribution is 5.35. The fraction of sp³-hybridized carbons (Fsp3) is 0.533. The highest BCUT2D eigenvalue weighted by Gasteiger charge is 2.21. The molecule has 1 saturated carbocycles. The van der Waals surface area contributed by atoms with Crippen molar-refractivity contribution in [3.63, 3.8) is 0 Å². The molecule has 4 heteroatoms. The molecule has 0 bridgehead atoms. The van der Waals surface area contributed by atoms with Crippen LogP contribution in [0.5, 0.6) is 5.75 Å². The third-order valence-electron chi connectivity index (χ3n) is 3.14. The lowest BCUT2D eigenvalue weighted by Crippen LogP contribution is -2.16. The summed E-state index contributed by atoms with van der Waals surface area (Å²) in [5.41, 5.74) is 0.868. The molecule has 0 amide bonds. The smallest absolute Gasteiger partial charge is 0.165 e. The average molecular weight is 262 g/mol. The number of unbranched alkanes of at least 4 members (excludes halogenated alkanes) is 2. The Bertz CT molecular complexity index is 452. The molecule has 102 valence electrons. The van der Waals surface area contributed by atoms with Crippen LogP contribution in [-0.2, 0) is 6.54 Å². The Kier molecular flexibility index (Phi) is 5.17. The number of hydrogen-bond donors (Lipinski definition) is 1. The number of nitrogens with zero attached hydrogens (tertiary/aromatic N) is 1. The fourth-order valence-corrected chi connectivity index (χ4v) is 1.88. The van der Waals surface area contributed by atoms with Gasteiger partial charge in [-0.3, -0.25) is 0 Å². The van der Waals surface area contributed by atoms with Crippen molar-refractivity contribution in [3.8, 4) is 11.8 Å². The first-order valence-electron chi connectivity index (χ1n) is 6.82. The lowest BCUT2D eigenvalue weighted by molar-refractivity contribution is 0.288. The van der Waals surface area contributed by atoms with Gasteiger partial charge < -0.3 is 10.1 Å². The quantitative estimate of drug-likeness (QED) is 0.732. The van der Waals surface area contributed by atoms with Crippen molar-refractivity contribution >= 4 is 0 Å². The van der Waals surface area contributed by atoms with Crippen molar-refractivity contribution in [2.75, 3.05) is 6.61 Å². The summed E-state index contributed by atoms with van der Waals surface area (Å²) >= 11 is 0. The number of rotatable bonds is 8. The van der Waals surface area contributed by atoms with Gasteiger partial charge >= 0.3 is 0 Å². The molecule has 0 spiro atoms. The highest BCUT2D eigenvalue weighted by Crippen LogP contribution is 2.25. The zero-order valence-corrected chi connectivity index (χ0v) is 11.0. The van der Waals surface area contributed by atoms with E-state index in [1.807, 2.05) is 6.07 Å². The summed E-state index contributed by atoms with van der Waals surface area (Å²) in [6.45, 7) is 1.11. The average Bonchev–Trinajstić information content (AvgIpc) is 3.22. The van der Waals surface area contributed by atoms with Gasteiger partial charge in [-0.2, -0.15) is 5.26 Å². The summed E-state index contributed by atoms with van der Waals surface area (Å²) in [4.78, 5) is 0. The highest BCUT2D eigenvalue weighted by atomic mass is 19.1. The molecule has 0 radical (unpaired) electrons. The first kappa shape index (κ1) is 13.8. The van der Waals surface area contributed by atoms with Crippen molar-refractivity contribution in [1.82, 2.24) is 5.32 Å². The van der Waals surface area contributed by atoms with Crippen LogP contribution in [0.15, 0.2) is 18.2 Å². The zero-order valence-electron chi connectivity index (χ0n) is 11.0. The lowest BCUT2D eigenvalue weighted by Gasteiger charge is -2.12. The maximum Gasteiger partial charge on any atom is 0.165 e. The number of hydrogen-bond acceptors (Lipinski definition) is 3. The normalized spacial score (nSPS) is 14.1. The van der Waals surface area contributed by atoms with E-state index >= 15 is 0 Å². The van der Waals surface area contributed by atoms with Gasteiger partial charge in [0.1, 0.15) is 0 Å². The van der Waals surface area contributed by atoms with Gasteiger partial charge in [0.25, 0.3) is 0 Å². The Labute approximate surface area is 113 Å². The van der Waals surface area contributed by atoms with E-state index in [-0.39, 0.29) is 5.82 Å². The third-order valence-corrected chi connectivity index (χ3v) is 3.14. The van der Waals surface area contributed by atoms with Crippen LogP contribution < -0.4 is 10.1 Å². The number of halogens is 1. The molecule has 0 aliphatic heterocycles. The molecule has 1 aliphatic carbocycles. The molecule has 1 N–H and O–H groups in total. The van der Waals surface area contributed by atoms with Gasteiger partial charge in [-0.1, -0.05) is 12.1 Å². The number of ether oxygens (including phenoxy) is 1. The molecule has 19 heavy (non-hydrogen) atoms. The molecular weight excluding hydrogens is 243 g/mol. The maximum atomic E-state index is 13.8. The molecule has 3 nitrogen and oxygen atoms in total. The summed E-state index contributed by atoms with van der Waals surface area (Å²) in [5.74, 6) is 0.0444. The van der Waals surface area contributed by atoms with E-state index in [1.165, 1.54) is 18.9 Å². The standard InChI is InChI=1S/C15H19FN2O/c16-14-6-4-5-12(11-18-13-7-8-13)15(14)19-10-3-1-2-9-17/h4-6,13,18H,1-3,7-8,10-11H2. The van der Waals surface area contributed by atoms with E-state index in [1.54, 1.807) is 6.07 Å². The van der Waals surface area contributed by atoms with Crippen LogP contribution >= 0.6 is 0 Å². The van der Waals surface area contributed by atoms with Gasteiger partial charge in [0, 0.05) is 24.6 Å². The molecule has 1 aromatic rings. The molecule has 0 saturated heterocycles. The van der Waals surface area contributed by atoms with Crippen LogP contribution in [0.1, 0.15) is 37.7 Å². The summed E-state index contributed by atoms with van der Waals surface area (Å²) in [5, 5.41) is 11.8. The van der Waals surface area contributed by atoms with Crippen LogP contribution in [0.3, 0.4) is 0 Å². The van der Waals surface area contributed by atoms with E-state index in [0.29, 0.717) is 31.4 Å². The Hall–Kier alpha value is -1.60. The minimum Gasteiger partial charge on any atom is -0.490 e. The van der Waals surface area contributed by atoms with E-state index in [2.05, 4.69) is 11.4 Å². The summed E-state index contributed by atoms with van der Waals surface area (Å²) in [7, 11) is 0. The number of para-hydroxylation sites is 1. The van der Waals surface area contributed by atoms with E-state index in [9.17, 15) is 4.39 Å². The van der Waals surface area contributed by atoms with Gasteiger partial charge in [0.2, 0.25) is 0 Å². The van der Waals surface area contributed by atoms with Gasteiger partial charge in [0.05, 0.1) is 12.7 Å². The molecule has 1 fully saturated rings. The molecule has 1 aliphatic rings.